The molecular formula is C10H14BClO3. The van der Waals surface area contributed by atoms with Gasteiger partial charge in [-0.05, 0) is 38.4 Å². The number of hydrogen-bond acceptors (Lipinski definition) is 3. The van der Waals surface area contributed by atoms with Gasteiger partial charge in [-0.15, -0.1) is 0 Å². The van der Waals surface area contributed by atoms with Crippen LogP contribution in [-0.4, -0.2) is 22.8 Å². The highest BCUT2D eigenvalue weighted by Gasteiger charge is 2.17. The molecule has 0 heterocycles. The Hall–Kier alpha value is -0.705. The number of ether oxygens (including phenoxy) is 1. The van der Waals surface area contributed by atoms with Gasteiger partial charge < -0.3 is 14.8 Å². The summed E-state index contributed by atoms with van der Waals surface area (Å²) >= 11 is 5.93. The fourth-order valence-electron chi connectivity index (χ4n) is 1.09. The molecule has 0 aliphatic carbocycles. The highest BCUT2D eigenvalue weighted by Crippen LogP contribution is 2.26. The SMILES string of the molecule is CC(C)(C)Oc1ccc(B(O)O)cc1Cl. The van der Waals surface area contributed by atoms with Crippen LogP contribution < -0.4 is 10.2 Å². The van der Waals surface area contributed by atoms with Crippen molar-refractivity contribution in [3.05, 3.63) is 23.2 Å². The van der Waals surface area contributed by atoms with Crippen LogP contribution in [0.3, 0.4) is 0 Å². The topological polar surface area (TPSA) is 49.7 Å². The molecule has 0 saturated heterocycles. The first-order valence-corrected chi connectivity index (χ1v) is 5.02. The lowest BCUT2D eigenvalue weighted by molar-refractivity contribution is 0.131. The van der Waals surface area contributed by atoms with Crippen LogP contribution in [0.2, 0.25) is 5.02 Å². The molecule has 0 aromatic heterocycles. The third-order valence-corrected chi connectivity index (χ3v) is 1.97. The van der Waals surface area contributed by atoms with Crippen LogP contribution in [0.5, 0.6) is 5.75 Å². The van der Waals surface area contributed by atoms with Gasteiger partial charge >= 0.3 is 7.12 Å². The van der Waals surface area contributed by atoms with Crippen LogP contribution in [0.1, 0.15) is 20.8 Å². The van der Waals surface area contributed by atoms with Gasteiger partial charge in [0.2, 0.25) is 0 Å². The third-order valence-electron chi connectivity index (χ3n) is 1.67. The van der Waals surface area contributed by atoms with Crippen LogP contribution >= 0.6 is 11.6 Å². The van der Waals surface area contributed by atoms with Crippen molar-refractivity contribution < 1.29 is 14.8 Å². The molecule has 0 saturated carbocycles. The first-order valence-electron chi connectivity index (χ1n) is 4.64. The van der Waals surface area contributed by atoms with E-state index < -0.39 is 7.12 Å². The van der Waals surface area contributed by atoms with E-state index in [0.717, 1.165) is 0 Å². The molecule has 0 aliphatic heterocycles. The van der Waals surface area contributed by atoms with Gasteiger partial charge in [0.1, 0.15) is 11.4 Å². The Balaban J connectivity index is 2.94. The lowest BCUT2D eigenvalue weighted by Crippen LogP contribution is -2.30. The molecule has 0 fully saturated rings. The molecule has 1 aromatic carbocycles. The summed E-state index contributed by atoms with van der Waals surface area (Å²) in [6.07, 6.45) is 0. The molecule has 5 heteroatoms. The fourth-order valence-corrected chi connectivity index (χ4v) is 1.32. The standard InChI is InChI=1S/C10H14BClO3/c1-10(2,3)15-9-5-4-7(11(13)14)6-8(9)12/h4-6,13-14H,1-3H3. The Morgan fingerprint density at radius 1 is 1.27 bits per heavy atom. The van der Waals surface area contributed by atoms with Gasteiger partial charge in [0.15, 0.2) is 0 Å². The largest absolute Gasteiger partial charge is 0.488 e. The van der Waals surface area contributed by atoms with Crippen molar-refractivity contribution in [2.45, 2.75) is 26.4 Å². The van der Waals surface area contributed by atoms with Crippen molar-refractivity contribution in [2.75, 3.05) is 0 Å². The zero-order chi connectivity index (χ0) is 11.6. The predicted molar refractivity (Wildman–Crippen MR) is 61.7 cm³/mol. The van der Waals surface area contributed by atoms with Crippen LogP contribution in [0.15, 0.2) is 18.2 Å². The van der Waals surface area contributed by atoms with Gasteiger partial charge in [-0.2, -0.15) is 0 Å². The Morgan fingerprint density at radius 2 is 1.87 bits per heavy atom. The molecule has 0 atom stereocenters. The summed E-state index contributed by atoms with van der Waals surface area (Å²) in [6.45, 7) is 5.74. The monoisotopic (exact) mass is 228 g/mol. The minimum Gasteiger partial charge on any atom is -0.487 e. The van der Waals surface area contributed by atoms with Crippen LogP contribution in [0.4, 0.5) is 0 Å². The van der Waals surface area contributed by atoms with E-state index in [0.29, 0.717) is 16.2 Å². The van der Waals surface area contributed by atoms with Crippen molar-refractivity contribution in [3.63, 3.8) is 0 Å². The summed E-state index contributed by atoms with van der Waals surface area (Å²) < 4.78 is 5.57. The first kappa shape index (κ1) is 12.4. The number of rotatable bonds is 2. The molecule has 0 unspecified atom stereocenters. The molecule has 2 N–H and O–H groups in total. The molecule has 0 aliphatic rings. The average Bonchev–Trinajstić information content (AvgIpc) is 2.05. The van der Waals surface area contributed by atoms with Crippen molar-refractivity contribution in [1.29, 1.82) is 0 Å². The lowest BCUT2D eigenvalue weighted by Gasteiger charge is -2.22. The molecule has 82 valence electrons. The van der Waals surface area contributed by atoms with E-state index in [1.54, 1.807) is 12.1 Å². The molecule has 0 amide bonds. The second-order valence-corrected chi connectivity index (χ2v) is 4.69. The van der Waals surface area contributed by atoms with Crippen molar-refractivity contribution in [2.24, 2.45) is 0 Å². The maximum atomic E-state index is 8.93. The molecule has 0 spiro atoms. The number of hydrogen-bond donors (Lipinski definition) is 2. The Kier molecular flexibility index (Phi) is 3.65. The maximum absolute atomic E-state index is 8.93. The lowest BCUT2D eigenvalue weighted by atomic mass is 9.80. The van der Waals surface area contributed by atoms with Gasteiger partial charge in [0, 0.05) is 0 Å². The molecule has 1 rings (SSSR count). The molecular weight excluding hydrogens is 214 g/mol. The summed E-state index contributed by atoms with van der Waals surface area (Å²) in [6, 6.07) is 4.67. The average molecular weight is 228 g/mol. The van der Waals surface area contributed by atoms with Crippen molar-refractivity contribution in [3.8, 4) is 5.75 Å². The summed E-state index contributed by atoms with van der Waals surface area (Å²) in [4.78, 5) is 0. The van der Waals surface area contributed by atoms with Crippen molar-refractivity contribution >= 4 is 24.2 Å². The van der Waals surface area contributed by atoms with E-state index >= 15 is 0 Å². The maximum Gasteiger partial charge on any atom is 0.488 e. The normalized spacial score (nSPS) is 11.3. The Morgan fingerprint density at radius 3 is 2.27 bits per heavy atom. The van der Waals surface area contributed by atoms with E-state index in [-0.39, 0.29) is 5.60 Å². The summed E-state index contributed by atoms with van der Waals surface area (Å²) in [5, 5.41) is 18.2. The summed E-state index contributed by atoms with van der Waals surface area (Å²) in [5.41, 5.74) is 0.0180. The molecule has 1 aromatic rings. The highest BCUT2D eigenvalue weighted by molar-refractivity contribution is 6.59. The molecule has 15 heavy (non-hydrogen) atoms. The molecule has 0 radical (unpaired) electrons. The minimum atomic E-state index is -1.51. The van der Waals surface area contributed by atoms with Crippen molar-refractivity contribution in [1.82, 2.24) is 0 Å². The van der Waals surface area contributed by atoms with E-state index in [1.807, 2.05) is 20.8 Å². The highest BCUT2D eigenvalue weighted by atomic mass is 35.5. The van der Waals surface area contributed by atoms with Gasteiger partial charge in [0.25, 0.3) is 0 Å². The van der Waals surface area contributed by atoms with E-state index in [4.69, 9.17) is 26.4 Å². The summed E-state index contributed by atoms with van der Waals surface area (Å²) in [5.74, 6) is 0.536. The van der Waals surface area contributed by atoms with Crippen LogP contribution in [-0.2, 0) is 0 Å². The van der Waals surface area contributed by atoms with Gasteiger partial charge in [-0.25, -0.2) is 0 Å². The second kappa shape index (κ2) is 4.43. The Labute approximate surface area is 94.8 Å². The fraction of sp³-hybridized carbons (Fsp3) is 0.400. The summed E-state index contributed by atoms with van der Waals surface area (Å²) in [7, 11) is -1.51. The first-order chi connectivity index (χ1) is 6.79. The quantitative estimate of drug-likeness (QED) is 0.748. The van der Waals surface area contributed by atoms with E-state index in [2.05, 4.69) is 0 Å². The van der Waals surface area contributed by atoms with Gasteiger partial charge in [0.05, 0.1) is 5.02 Å². The zero-order valence-corrected chi connectivity index (χ0v) is 9.75. The zero-order valence-electron chi connectivity index (χ0n) is 8.99. The molecule has 3 nitrogen and oxygen atoms in total. The van der Waals surface area contributed by atoms with Gasteiger partial charge in [-0.3, -0.25) is 0 Å². The second-order valence-electron chi connectivity index (χ2n) is 4.28. The number of benzene rings is 1. The molecule has 0 bridgehead atoms. The Bertz CT molecular complexity index is 347. The smallest absolute Gasteiger partial charge is 0.487 e. The van der Waals surface area contributed by atoms with Crippen LogP contribution in [0.25, 0.3) is 0 Å². The third kappa shape index (κ3) is 3.74. The van der Waals surface area contributed by atoms with Gasteiger partial charge in [-0.1, -0.05) is 17.7 Å². The predicted octanol–water partition coefficient (Wildman–Crippen LogP) is 1.20. The minimum absolute atomic E-state index is 0.330. The number of halogens is 1. The van der Waals surface area contributed by atoms with Crippen LogP contribution in [0, 0.1) is 0 Å². The van der Waals surface area contributed by atoms with E-state index in [9.17, 15) is 0 Å². The van der Waals surface area contributed by atoms with E-state index in [1.165, 1.54) is 6.07 Å².